The number of ether oxygens (including phenoxy) is 1. The molecule has 1 amide bonds. The van der Waals surface area contributed by atoms with Crippen molar-refractivity contribution in [1.82, 2.24) is 25.2 Å². The topological polar surface area (TPSA) is 96.6 Å². The number of hydrogen-bond acceptors (Lipinski definition) is 9. The molecular weight excluding hydrogens is 452 g/mol. The number of amides is 1. The van der Waals surface area contributed by atoms with Gasteiger partial charge < -0.3 is 24.3 Å². The number of nitrogens with one attached hydrogen (secondary N) is 1. The fourth-order valence-electron chi connectivity index (χ4n) is 3.69. The zero-order valence-corrected chi connectivity index (χ0v) is 20.4. The van der Waals surface area contributed by atoms with Crippen LogP contribution in [0.2, 0.25) is 0 Å². The van der Waals surface area contributed by atoms with Crippen LogP contribution in [0.4, 0.5) is 5.82 Å². The van der Waals surface area contributed by atoms with Crippen LogP contribution in [0.15, 0.2) is 52.3 Å². The molecular formula is C24H30N6O3S. The number of piperazine rings is 1. The molecule has 1 fully saturated rings. The molecule has 4 heterocycles. The van der Waals surface area contributed by atoms with Crippen molar-refractivity contribution in [3.8, 4) is 0 Å². The molecule has 0 aliphatic carbocycles. The van der Waals surface area contributed by atoms with Crippen molar-refractivity contribution in [3.63, 3.8) is 0 Å². The van der Waals surface area contributed by atoms with Gasteiger partial charge in [-0.2, -0.15) is 0 Å². The summed E-state index contributed by atoms with van der Waals surface area (Å²) in [6.07, 6.45) is 3.42. The molecule has 9 nitrogen and oxygen atoms in total. The van der Waals surface area contributed by atoms with E-state index in [1.807, 2.05) is 24.3 Å². The molecule has 0 radical (unpaired) electrons. The molecule has 0 aromatic carbocycles. The largest absolute Gasteiger partial charge is 0.455 e. The summed E-state index contributed by atoms with van der Waals surface area (Å²) in [5, 5.41) is 3.52. The number of thioether (sulfide) groups is 1. The minimum Gasteiger partial charge on any atom is -0.455 e. The minimum atomic E-state index is -0.257. The van der Waals surface area contributed by atoms with E-state index in [0.29, 0.717) is 29.8 Å². The molecule has 0 spiro atoms. The van der Waals surface area contributed by atoms with Gasteiger partial charge in [0.1, 0.15) is 11.6 Å². The van der Waals surface area contributed by atoms with Gasteiger partial charge >= 0.3 is 0 Å². The lowest BCUT2D eigenvalue weighted by Gasteiger charge is -2.34. The van der Waals surface area contributed by atoms with Crippen molar-refractivity contribution >= 4 is 23.5 Å². The van der Waals surface area contributed by atoms with Crippen molar-refractivity contribution in [3.05, 3.63) is 65.5 Å². The SMILES string of the molecule is CCN1CCN(c2cc(COC)nc(SCc3ccc(C(=O)NCc4cccnc4)o3)n2)CC1. The number of hydrogen-bond donors (Lipinski definition) is 1. The first-order chi connectivity index (χ1) is 16.6. The zero-order valence-electron chi connectivity index (χ0n) is 19.6. The number of pyridine rings is 1. The first-order valence-corrected chi connectivity index (χ1v) is 12.4. The van der Waals surface area contributed by atoms with E-state index in [1.165, 1.54) is 11.8 Å². The van der Waals surface area contributed by atoms with Crippen molar-refractivity contribution in [2.75, 3.05) is 44.7 Å². The highest BCUT2D eigenvalue weighted by Gasteiger charge is 2.19. The Labute approximate surface area is 203 Å². The van der Waals surface area contributed by atoms with Crippen LogP contribution in [0, 0.1) is 0 Å². The molecule has 1 aliphatic rings. The van der Waals surface area contributed by atoms with Crippen LogP contribution in [0.1, 0.15) is 34.5 Å². The van der Waals surface area contributed by atoms with Crippen LogP contribution in [0.3, 0.4) is 0 Å². The molecule has 3 aromatic rings. The Kier molecular flexibility index (Phi) is 8.51. The second kappa shape index (κ2) is 12.0. The number of methoxy groups -OCH3 is 1. The molecule has 10 heteroatoms. The molecule has 34 heavy (non-hydrogen) atoms. The fraction of sp³-hybridized carbons (Fsp3) is 0.417. The highest BCUT2D eigenvalue weighted by molar-refractivity contribution is 7.98. The molecule has 180 valence electrons. The Morgan fingerprint density at radius 2 is 2.06 bits per heavy atom. The molecule has 0 saturated carbocycles. The number of carbonyl (C=O) groups excluding carboxylic acids is 1. The second-order valence-corrected chi connectivity index (χ2v) is 8.90. The van der Waals surface area contributed by atoms with Crippen molar-refractivity contribution in [2.45, 2.75) is 31.0 Å². The molecule has 0 unspecified atom stereocenters. The van der Waals surface area contributed by atoms with Gasteiger partial charge in [-0.1, -0.05) is 24.8 Å². The van der Waals surface area contributed by atoms with E-state index in [0.717, 1.165) is 49.8 Å². The Balaban J connectivity index is 1.36. The monoisotopic (exact) mass is 482 g/mol. The third kappa shape index (κ3) is 6.55. The van der Waals surface area contributed by atoms with Crippen LogP contribution in [-0.4, -0.2) is 65.6 Å². The highest BCUT2D eigenvalue weighted by Crippen LogP contribution is 2.25. The number of carbonyl (C=O) groups is 1. The number of anilines is 1. The first-order valence-electron chi connectivity index (χ1n) is 11.4. The molecule has 1 saturated heterocycles. The average molecular weight is 483 g/mol. The summed E-state index contributed by atoms with van der Waals surface area (Å²) >= 11 is 1.48. The lowest BCUT2D eigenvalue weighted by atomic mass is 10.3. The Bertz CT molecular complexity index is 1070. The van der Waals surface area contributed by atoms with Gasteiger partial charge in [0.15, 0.2) is 10.9 Å². The Hall–Kier alpha value is -2.95. The van der Waals surface area contributed by atoms with Gasteiger partial charge in [-0.25, -0.2) is 9.97 Å². The highest BCUT2D eigenvalue weighted by atomic mass is 32.2. The third-order valence-corrected chi connectivity index (χ3v) is 6.46. The predicted molar refractivity (Wildman–Crippen MR) is 131 cm³/mol. The van der Waals surface area contributed by atoms with Gasteiger partial charge in [0.05, 0.1) is 18.1 Å². The number of likely N-dealkylation sites (N-methyl/N-ethyl adjacent to an activating group) is 1. The van der Waals surface area contributed by atoms with Crippen LogP contribution in [0.5, 0.6) is 0 Å². The molecule has 4 rings (SSSR count). The van der Waals surface area contributed by atoms with Crippen LogP contribution < -0.4 is 10.2 Å². The average Bonchev–Trinajstić information content (AvgIpc) is 3.36. The normalized spacial score (nSPS) is 14.4. The van der Waals surface area contributed by atoms with Crippen molar-refractivity contribution < 1.29 is 13.9 Å². The van der Waals surface area contributed by atoms with E-state index in [2.05, 4.69) is 32.0 Å². The Morgan fingerprint density at radius 3 is 2.79 bits per heavy atom. The zero-order chi connectivity index (χ0) is 23.8. The van der Waals surface area contributed by atoms with Crippen LogP contribution >= 0.6 is 11.8 Å². The fourth-order valence-corrected chi connectivity index (χ4v) is 4.45. The summed E-state index contributed by atoms with van der Waals surface area (Å²) < 4.78 is 11.1. The second-order valence-electron chi connectivity index (χ2n) is 7.95. The third-order valence-electron chi connectivity index (χ3n) is 5.59. The maximum Gasteiger partial charge on any atom is 0.287 e. The van der Waals surface area contributed by atoms with Gasteiger partial charge in [0.2, 0.25) is 0 Å². The number of rotatable bonds is 10. The summed E-state index contributed by atoms with van der Waals surface area (Å²) in [5.41, 5.74) is 1.78. The lowest BCUT2D eigenvalue weighted by molar-refractivity contribution is 0.0921. The van der Waals surface area contributed by atoms with Crippen LogP contribution in [0.25, 0.3) is 0 Å². The number of nitrogens with zero attached hydrogens (tertiary/aromatic N) is 5. The van der Waals surface area contributed by atoms with Crippen molar-refractivity contribution in [2.24, 2.45) is 0 Å². The maximum absolute atomic E-state index is 12.4. The van der Waals surface area contributed by atoms with E-state index in [9.17, 15) is 4.79 Å². The lowest BCUT2D eigenvalue weighted by Crippen LogP contribution is -2.46. The smallest absolute Gasteiger partial charge is 0.287 e. The Morgan fingerprint density at radius 1 is 1.21 bits per heavy atom. The minimum absolute atomic E-state index is 0.257. The quantitative estimate of drug-likeness (QED) is 0.345. The summed E-state index contributed by atoms with van der Waals surface area (Å²) in [6, 6.07) is 9.26. The van der Waals surface area contributed by atoms with Gasteiger partial charge in [-0.05, 0) is 30.3 Å². The number of aromatic nitrogens is 3. The predicted octanol–water partition coefficient (Wildman–Crippen LogP) is 2.98. The molecule has 0 bridgehead atoms. The van der Waals surface area contributed by atoms with E-state index in [-0.39, 0.29) is 11.7 Å². The van der Waals surface area contributed by atoms with Crippen LogP contribution in [-0.2, 0) is 23.6 Å². The first kappa shape index (κ1) is 24.2. The van der Waals surface area contributed by atoms with E-state index in [1.54, 1.807) is 25.6 Å². The molecule has 0 atom stereocenters. The summed E-state index contributed by atoms with van der Waals surface area (Å²) in [7, 11) is 1.67. The van der Waals surface area contributed by atoms with Gasteiger partial charge in [-0.15, -0.1) is 0 Å². The summed E-state index contributed by atoms with van der Waals surface area (Å²) in [5.74, 6) is 2.16. The van der Waals surface area contributed by atoms with Gasteiger partial charge in [0.25, 0.3) is 5.91 Å². The maximum atomic E-state index is 12.4. The van der Waals surface area contributed by atoms with Gasteiger partial charge in [0, 0.05) is 58.3 Å². The van der Waals surface area contributed by atoms with E-state index in [4.69, 9.17) is 14.1 Å². The van der Waals surface area contributed by atoms with E-state index >= 15 is 0 Å². The standard InChI is InChI=1S/C24H30N6O3S/c1-3-29-9-11-30(12-10-29)22-13-19(16-32-2)27-24(28-22)34-17-20-6-7-21(33-20)23(31)26-15-18-5-4-8-25-14-18/h4-8,13-14H,3,9-12,15-17H2,1-2H3,(H,26,31). The molecule has 1 aliphatic heterocycles. The summed E-state index contributed by atoms with van der Waals surface area (Å²) in [4.78, 5) is 30.6. The van der Waals surface area contributed by atoms with E-state index < -0.39 is 0 Å². The van der Waals surface area contributed by atoms with Crippen molar-refractivity contribution in [1.29, 1.82) is 0 Å². The summed E-state index contributed by atoms with van der Waals surface area (Å²) in [6.45, 7) is 8.03. The molecule has 3 aromatic heterocycles. The molecule has 1 N–H and O–H groups in total. The van der Waals surface area contributed by atoms with Gasteiger partial charge in [-0.3, -0.25) is 9.78 Å². The number of furan rings is 1.